The summed E-state index contributed by atoms with van der Waals surface area (Å²) in [5.41, 5.74) is 4.54. The van der Waals surface area contributed by atoms with Crippen molar-refractivity contribution in [2.75, 3.05) is 16.0 Å². The minimum absolute atomic E-state index is 0.288. The third-order valence-corrected chi connectivity index (χ3v) is 5.60. The predicted molar refractivity (Wildman–Crippen MR) is 139 cm³/mol. The standard InChI is InChI=1S/C28H22FN5O2/c1-18-30-25-16-7-19(17-26(25)34(18)24-14-8-20(29)9-15-24)27(35)31-22-10-12-23(13-11-22)33-28(36)32-21-5-3-2-4-6-21/h2-17H,1H3,(H,31,35)(H2,32,33,36). The molecule has 7 nitrogen and oxygen atoms in total. The first-order chi connectivity index (χ1) is 17.5. The quantitative estimate of drug-likeness (QED) is 0.274. The number of carbonyl (C=O) groups is 2. The first-order valence-corrected chi connectivity index (χ1v) is 11.3. The van der Waals surface area contributed by atoms with E-state index in [4.69, 9.17) is 0 Å². The van der Waals surface area contributed by atoms with Crippen LogP contribution in [0.4, 0.5) is 26.2 Å². The van der Waals surface area contributed by atoms with Crippen LogP contribution in [-0.4, -0.2) is 21.5 Å². The monoisotopic (exact) mass is 479 g/mol. The number of halogens is 1. The van der Waals surface area contributed by atoms with Crippen molar-refractivity contribution >= 4 is 40.0 Å². The van der Waals surface area contributed by atoms with E-state index in [-0.39, 0.29) is 17.8 Å². The number of rotatable bonds is 5. The lowest BCUT2D eigenvalue weighted by Gasteiger charge is -2.10. The van der Waals surface area contributed by atoms with Crippen LogP contribution in [0.15, 0.2) is 97.1 Å². The van der Waals surface area contributed by atoms with Gasteiger partial charge < -0.3 is 16.0 Å². The van der Waals surface area contributed by atoms with Gasteiger partial charge in [-0.2, -0.15) is 0 Å². The van der Waals surface area contributed by atoms with Crippen LogP contribution >= 0.6 is 0 Å². The molecule has 4 aromatic carbocycles. The highest BCUT2D eigenvalue weighted by Gasteiger charge is 2.14. The SMILES string of the molecule is Cc1nc2ccc(C(=O)Nc3ccc(NC(=O)Nc4ccccc4)cc3)cc2n1-c1ccc(F)cc1. The molecule has 0 unspecified atom stereocenters. The van der Waals surface area contributed by atoms with Gasteiger partial charge in [0.25, 0.3) is 5.91 Å². The van der Waals surface area contributed by atoms with Crippen LogP contribution in [-0.2, 0) is 0 Å². The van der Waals surface area contributed by atoms with Crippen molar-refractivity contribution in [3.63, 3.8) is 0 Å². The van der Waals surface area contributed by atoms with Gasteiger partial charge in [-0.1, -0.05) is 18.2 Å². The van der Waals surface area contributed by atoms with E-state index in [1.807, 2.05) is 29.7 Å². The number of imidazole rings is 1. The molecule has 3 N–H and O–H groups in total. The fourth-order valence-corrected chi connectivity index (χ4v) is 3.91. The Morgan fingerprint density at radius 1 is 0.750 bits per heavy atom. The van der Waals surface area contributed by atoms with E-state index in [1.54, 1.807) is 66.7 Å². The fraction of sp³-hybridized carbons (Fsp3) is 0.0357. The third-order valence-electron chi connectivity index (χ3n) is 5.60. The fourth-order valence-electron chi connectivity index (χ4n) is 3.91. The molecule has 1 heterocycles. The summed E-state index contributed by atoms with van der Waals surface area (Å²) in [7, 11) is 0. The highest BCUT2D eigenvalue weighted by Crippen LogP contribution is 2.23. The van der Waals surface area contributed by atoms with E-state index >= 15 is 0 Å². The molecule has 5 rings (SSSR count). The lowest BCUT2D eigenvalue weighted by molar-refractivity contribution is 0.102. The summed E-state index contributed by atoms with van der Waals surface area (Å²) >= 11 is 0. The molecule has 0 aliphatic carbocycles. The molecule has 0 atom stereocenters. The van der Waals surface area contributed by atoms with Gasteiger partial charge in [-0.15, -0.1) is 0 Å². The molecule has 3 amide bonds. The molecule has 0 bridgehead atoms. The minimum Gasteiger partial charge on any atom is -0.322 e. The molecule has 0 saturated carbocycles. The first kappa shape index (κ1) is 22.8. The molecule has 0 spiro atoms. The number of benzene rings is 4. The lowest BCUT2D eigenvalue weighted by Crippen LogP contribution is -2.19. The number of aryl methyl sites for hydroxylation is 1. The minimum atomic E-state index is -0.362. The molecule has 0 radical (unpaired) electrons. The highest BCUT2D eigenvalue weighted by molar-refractivity contribution is 6.06. The summed E-state index contributed by atoms with van der Waals surface area (Å²) in [4.78, 5) is 29.7. The number of aromatic nitrogens is 2. The van der Waals surface area contributed by atoms with Crippen molar-refractivity contribution in [3.8, 4) is 5.69 Å². The Morgan fingerprint density at radius 2 is 1.36 bits per heavy atom. The number of nitrogens with one attached hydrogen (secondary N) is 3. The van der Waals surface area contributed by atoms with Gasteiger partial charge in [0, 0.05) is 28.3 Å². The average molecular weight is 480 g/mol. The maximum absolute atomic E-state index is 13.4. The van der Waals surface area contributed by atoms with Gasteiger partial charge >= 0.3 is 6.03 Å². The van der Waals surface area contributed by atoms with Gasteiger partial charge in [0.1, 0.15) is 11.6 Å². The maximum Gasteiger partial charge on any atom is 0.323 e. The van der Waals surface area contributed by atoms with Gasteiger partial charge in [-0.05, 0) is 85.8 Å². The molecular weight excluding hydrogens is 457 g/mol. The topological polar surface area (TPSA) is 88.1 Å². The molecule has 178 valence electrons. The van der Waals surface area contributed by atoms with Crippen LogP contribution < -0.4 is 16.0 Å². The number of hydrogen-bond acceptors (Lipinski definition) is 3. The van der Waals surface area contributed by atoms with Crippen LogP contribution in [0.1, 0.15) is 16.2 Å². The van der Waals surface area contributed by atoms with Crippen LogP contribution in [0.2, 0.25) is 0 Å². The predicted octanol–water partition coefficient (Wildman–Crippen LogP) is 6.37. The van der Waals surface area contributed by atoms with Crippen molar-refractivity contribution in [2.24, 2.45) is 0 Å². The van der Waals surface area contributed by atoms with Crippen LogP contribution in [0.3, 0.4) is 0 Å². The Balaban J connectivity index is 1.29. The largest absolute Gasteiger partial charge is 0.323 e. The molecule has 1 aromatic heterocycles. The maximum atomic E-state index is 13.4. The second-order valence-electron chi connectivity index (χ2n) is 8.15. The van der Waals surface area contributed by atoms with Crippen LogP contribution in [0.25, 0.3) is 16.7 Å². The molecule has 0 aliphatic heterocycles. The molecule has 0 fully saturated rings. The van der Waals surface area contributed by atoms with E-state index in [1.165, 1.54) is 12.1 Å². The zero-order chi connectivity index (χ0) is 25.1. The second-order valence-corrected chi connectivity index (χ2v) is 8.15. The van der Waals surface area contributed by atoms with Crippen molar-refractivity contribution in [1.29, 1.82) is 0 Å². The zero-order valence-electron chi connectivity index (χ0n) is 19.3. The summed E-state index contributed by atoms with van der Waals surface area (Å²) in [6.45, 7) is 1.86. The van der Waals surface area contributed by atoms with Crippen LogP contribution in [0.5, 0.6) is 0 Å². The Hall–Kier alpha value is -4.98. The number of fused-ring (bicyclic) bond motifs is 1. The molecule has 8 heteroatoms. The normalized spacial score (nSPS) is 10.7. The number of amides is 3. The molecular formula is C28H22FN5O2. The van der Waals surface area contributed by atoms with Gasteiger partial charge in [0.05, 0.1) is 11.0 Å². The average Bonchev–Trinajstić information content (AvgIpc) is 3.21. The Labute approximate surface area is 206 Å². The van der Waals surface area contributed by atoms with Gasteiger partial charge in [0.15, 0.2) is 0 Å². The Kier molecular flexibility index (Phi) is 6.15. The summed E-state index contributed by atoms with van der Waals surface area (Å²) in [5, 5.41) is 8.37. The number of anilines is 3. The summed E-state index contributed by atoms with van der Waals surface area (Å²) < 4.78 is 15.3. The number of carbonyl (C=O) groups excluding carboxylic acids is 2. The number of nitrogens with zero attached hydrogens (tertiary/aromatic N) is 2. The van der Waals surface area contributed by atoms with E-state index in [2.05, 4.69) is 20.9 Å². The van der Waals surface area contributed by atoms with Crippen molar-refractivity contribution in [3.05, 3.63) is 114 Å². The van der Waals surface area contributed by atoms with Crippen molar-refractivity contribution < 1.29 is 14.0 Å². The second kappa shape index (κ2) is 9.71. The third kappa shape index (κ3) is 4.92. The van der Waals surface area contributed by atoms with E-state index in [9.17, 15) is 14.0 Å². The van der Waals surface area contributed by atoms with E-state index < -0.39 is 0 Å². The number of urea groups is 1. The zero-order valence-corrected chi connectivity index (χ0v) is 19.3. The van der Waals surface area contributed by atoms with Crippen LogP contribution in [0, 0.1) is 12.7 Å². The molecule has 0 aliphatic rings. The Morgan fingerprint density at radius 3 is 2.03 bits per heavy atom. The van der Waals surface area contributed by atoms with Gasteiger partial charge in [-0.3, -0.25) is 9.36 Å². The van der Waals surface area contributed by atoms with Gasteiger partial charge in [0.2, 0.25) is 0 Å². The lowest BCUT2D eigenvalue weighted by atomic mass is 10.1. The first-order valence-electron chi connectivity index (χ1n) is 11.3. The summed E-state index contributed by atoms with van der Waals surface area (Å²) in [6.07, 6.45) is 0. The van der Waals surface area contributed by atoms with Gasteiger partial charge in [-0.25, -0.2) is 14.2 Å². The summed E-state index contributed by atoms with van der Waals surface area (Å²) in [5.74, 6) is 0.122. The smallest absolute Gasteiger partial charge is 0.322 e. The van der Waals surface area contributed by atoms with E-state index in [0.717, 1.165) is 22.5 Å². The molecule has 5 aromatic rings. The highest BCUT2D eigenvalue weighted by atomic mass is 19.1. The summed E-state index contributed by atoms with van der Waals surface area (Å²) in [6, 6.07) is 27.0. The van der Waals surface area contributed by atoms with E-state index in [0.29, 0.717) is 22.6 Å². The molecule has 36 heavy (non-hydrogen) atoms. The van der Waals surface area contributed by atoms with Crippen molar-refractivity contribution in [1.82, 2.24) is 9.55 Å². The number of hydrogen-bond donors (Lipinski definition) is 3. The Bertz CT molecular complexity index is 1550. The number of para-hydroxylation sites is 1. The molecule has 0 saturated heterocycles. The van der Waals surface area contributed by atoms with Crippen molar-refractivity contribution in [2.45, 2.75) is 6.92 Å².